The molecule has 2 rings (SSSR count). The van der Waals surface area contributed by atoms with Gasteiger partial charge in [-0.25, -0.2) is 0 Å². The molecule has 0 radical (unpaired) electrons. The molecule has 2 nitrogen and oxygen atoms in total. The third kappa shape index (κ3) is 2.74. The fourth-order valence-electron chi connectivity index (χ4n) is 3.11. The van der Waals surface area contributed by atoms with Gasteiger partial charge in [-0.3, -0.25) is 9.59 Å². The summed E-state index contributed by atoms with van der Waals surface area (Å²) in [6.45, 7) is 7.72. The Morgan fingerprint density at radius 3 is 2.15 bits per heavy atom. The van der Waals surface area contributed by atoms with E-state index in [2.05, 4.69) is 6.58 Å². The number of ketones is 2. The zero-order valence-electron chi connectivity index (χ0n) is 12.3. The zero-order valence-corrected chi connectivity index (χ0v) is 12.3. The fraction of sp³-hybridized carbons (Fsp3) is 0.444. The molecule has 1 aliphatic rings. The van der Waals surface area contributed by atoms with Crippen LogP contribution in [0.15, 0.2) is 43.0 Å². The van der Waals surface area contributed by atoms with Crippen LogP contribution in [0.5, 0.6) is 0 Å². The molecule has 0 heterocycles. The number of carbonyl (C=O) groups is 2. The summed E-state index contributed by atoms with van der Waals surface area (Å²) in [6.07, 6.45) is 3.58. The largest absolute Gasteiger partial charge is 0.299 e. The van der Waals surface area contributed by atoms with Crippen LogP contribution in [0.1, 0.15) is 38.7 Å². The second kappa shape index (κ2) is 5.35. The van der Waals surface area contributed by atoms with Crippen molar-refractivity contribution < 1.29 is 9.59 Å². The van der Waals surface area contributed by atoms with Crippen LogP contribution in [0.3, 0.4) is 0 Å². The maximum Gasteiger partial charge on any atom is 0.147 e. The molecule has 0 N–H and O–H groups in total. The van der Waals surface area contributed by atoms with E-state index < -0.39 is 5.41 Å². The van der Waals surface area contributed by atoms with E-state index in [0.717, 1.165) is 5.56 Å². The third-order valence-corrected chi connectivity index (χ3v) is 4.19. The molecule has 1 saturated carbocycles. The molecule has 106 valence electrons. The topological polar surface area (TPSA) is 34.1 Å². The van der Waals surface area contributed by atoms with E-state index in [4.69, 9.17) is 0 Å². The van der Waals surface area contributed by atoms with Gasteiger partial charge in [0.05, 0.1) is 5.41 Å². The first-order valence-electron chi connectivity index (χ1n) is 7.11. The van der Waals surface area contributed by atoms with Gasteiger partial charge in [-0.05, 0) is 23.8 Å². The standard InChI is InChI=1S/C18H22O2/c1-4-10-18(11-14-8-6-5-7-9-14)15(19)12-17(2,3)13-16(18)20/h4-9H,1,10-13H2,2-3H3. The molecule has 0 atom stereocenters. The average Bonchev–Trinajstić information content (AvgIpc) is 2.36. The quantitative estimate of drug-likeness (QED) is 0.617. The lowest BCUT2D eigenvalue weighted by Gasteiger charge is -2.40. The molecule has 2 heteroatoms. The predicted molar refractivity (Wildman–Crippen MR) is 80.4 cm³/mol. The monoisotopic (exact) mass is 270 g/mol. The summed E-state index contributed by atoms with van der Waals surface area (Å²) in [4.78, 5) is 25.3. The summed E-state index contributed by atoms with van der Waals surface area (Å²) in [6, 6.07) is 9.78. The number of carbonyl (C=O) groups excluding carboxylic acids is 2. The highest BCUT2D eigenvalue weighted by molar-refractivity contribution is 6.10. The van der Waals surface area contributed by atoms with Gasteiger partial charge >= 0.3 is 0 Å². The molecule has 0 aliphatic heterocycles. The molecule has 1 aliphatic carbocycles. The molecule has 0 unspecified atom stereocenters. The van der Waals surface area contributed by atoms with Gasteiger partial charge < -0.3 is 0 Å². The first kappa shape index (κ1) is 14.7. The second-order valence-corrected chi connectivity index (χ2v) is 6.60. The molecule has 1 aromatic rings. The SMILES string of the molecule is C=CCC1(Cc2ccccc2)C(=O)CC(C)(C)CC1=O. The Bertz CT molecular complexity index is 506. The minimum Gasteiger partial charge on any atom is -0.299 e. The highest BCUT2D eigenvalue weighted by Gasteiger charge is 2.50. The lowest BCUT2D eigenvalue weighted by molar-refractivity contribution is -0.148. The number of hydrogen-bond acceptors (Lipinski definition) is 2. The van der Waals surface area contributed by atoms with Gasteiger partial charge in [0.2, 0.25) is 0 Å². The number of hydrogen-bond donors (Lipinski definition) is 0. The highest BCUT2D eigenvalue weighted by atomic mass is 16.2. The Labute approximate surface area is 120 Å². The van der Waals surface area contributed by atoms with Crippen LogP contribution in [0, 0.1) is 10.8 Å². The summed E-state index contributed by atoms with van der Waals surface area (Å²) in [5.74, 6) is 0.144. The average molecular weight is 270 g/mol. The van der Waals surface area contributed by atoms with E-state index in [9.17, 15) is 9.59 Å². The maximum absolute atomic E-state index is 12.7. The van der Waals surface area contributed by atoms with Crippen LogP contribution < -0.4 is 0 Å². The smallest absolute Gasteiger partial charge is 0.147 e. The number of Topliss-reactive ketones (excluding diaryl/α,β-unsaturated/α-hetero) is 2. The van der Waals surface area contributed by atoms with Gasteiger partial charge in [-0.2, -0.15) is 0 Å². The first-order valence-corrected chi connectivity index (χ1v) is 7.11. The van der Waals surface area contributed by atoms with Crippen LogP contribution in [0.2, 0.25) is 0 Å². The molecule has 0 aromatic heterocycles. The lowest BCUT2D eigenvalue weighted by Crippen LogP contribution is -2.48. The Balaban J connectivity index is 2.36. The zero-order chi connectivity index (χ0) is 14.8. The second-order valence-electron chi connectivity index (χ2n) is 6.60. The number of benzene rings is 1. The van der Waals surface area contributed by atoms with Gasteiger partial charge in [0.15, 0.2) is 0 Å². The van der Waals surface area contributed by atoms with Gasteiger partial charge in [0.25, 0.3) is 0 Å². The molecule has 0 bridgehead atoms. The summed E-state index contributed by atoms with van der Waals surface area (Å²) in [7, 11) is 0. The van der Waals surface area contributed by atoms with Gasteiger partial charge in [0, 0.05) is 12.8 Å². The Morgan fingerprint density at radius 2 is 1.65 bits per heavy atom. The maximum atomic E-state index is 12.7. The van der Waals surface area contributed by atoms with E-state index in [1.54, 1.807) is 6.08 Å². The van der Waals surface area contributed by atoms with Crippen molar-refractivity contribution in [2.24, 2.45) is 10.8 Å². The highest BCUT2D eigenvalue weighted by Crippen LogP contribution is 2.44. The van der Waals surface area contributed by atoms with Crippen molar-refractivity contribution in [3.63, 3.8) is 0 Å². The van der Waals surface area contributed by atoms with Crippen molar-refractivity contribution in [1.82, 2.24) is 0 Å². The summed E-state index contributed by atoms with van der Waals surface area (Å²) < 4.78 is 0. The van der Waals surface area contributed by atoms with Gasteiger partial charge in [-0.1, -0.05) is 50.3 Å². The Morgan fingerprint density at radius 1 is 1.10 bits per heavy atom. The van der Waals surface area contributed by atoms with Crippen molar-refractivity contribution in [3.05, 3.63) is 48.6 Å². The molecular formula is C18H22O2. The molecule has 1 aromatic carbocycles. The van der Waals surface area contributed by atoms with Gasteiger partial charge in [-0.15, -0.1) is 6.58 Å². The summed E-state index contributed by atoms with van der Waals surface area (Å²) in [5, 5.41) is 0. The predicted octanol–water partition coefficient (Wildman–Crippen LogP) is 3.75. The third-order valence-electron chi connectivity index (χ3n) is 4.19. The molecule has 0 saturated heterocycles. The molecule has 20 heavy (non-hydrogen) atoms. The van der Waals surface area contributed by atoms with E-state index in [0.29, 0.717) is 25.7 Å². The minimum absolute atomic E-state index is 0.0718. The summed E-state index contributed by atoms with van der Waals surface area (Å²) >= 11 is 0. The van der Waals surface area contributed by atoms with Crippen LogP contribution in [-0.2, 0) is 16.0 Å². The molecular weight excluding hydrogens is 248 g/mol. The van der Waals surface area contributed by atoms with E-state index in [1.165, 1.54) is 0 Å². The Kier molecular flexibility index (Phi) is 3.94. The van der Waals surface area contributed by atoms with Crippen molar-refractivity contribution in [1.29, 1.82) is 0 Å². The fourth-order valence-corrected chi connectivity index (χ4v) is 3.11. The summed E-state index contributed by atoms with van der Waals surface area (Å²) in [5.41, 5.74) is -0.0653. The van der Waals surface area contributed by atoms with E-state index in [-0.39, 0.29) is 17.0 Å². The van der Waals surface area contributed by atoms with Crippen molar-refractivity contribution in [2.75, 3.05) is 0 Å². The van der Waals surface area contributed by atoms with Crippen LogP contribution in [0.4, 0.5) is 0 Å². The lowest BCUT2D eigenvalue weighted by atomic mass is 9.60. The number of allylic oxidation sites excluding steroid dienone is 1. The normalized spacial score (nSPS) is 20.7. The molecule has 1 fully saturated rings. The van der Waals surface area contributed by atoms with Gasteiger partial charge in [0.1, 0.15) is 11.6 Å². The van der Waals surface area contributed by atoms with Crippen LogP contribution >= 0.6 is 0 Å². The van der Waals surface area contributed by atoms with E-state index >= 15 is 0 Å². The van der Waals surface area contributed by atoms with Crippen molar-refractivity contribution in [3.8, 4) is 0 Å². The Hall–Kier alpha value is -1.70. The van der Waals surface area contributed by atoms with Crippen molar-refractivity contribution >= 4 is 11.6 Å². The van der Waals surface area contributed by atoms with Crippen LogP contribution in [-0.4, -0.2) is 11.6 Å². The van der Waals surface area contributed by atoms with Crippen LogP contribution in [0.25, 0.3) is 0 Å². The molecule has 0 amide bonds. The number of rotatable bonds is 4. The van der Waals surface area contributed by atoms with Crippen molar-refractivity contribution in [2.45, 2.75) is 39.5 Å². The first-order chi connectivity index (χ1) is 9.39. The van der Waals surface area contributed by atoms with E-state index in [1.807, 2.05) is 44.2 Å². The minimum atomic E-state index is -0.890. The molecule has 0 spiro atoms.